The van der Waals surface area contributed by atoms with Crippen molar-refractivity contribution >= 4 is 17.4 Å². The Balaban J connectivity index is 1.74. The minimum absolute atomic E-state index is 0.0272. The molecule has 2 saturated heterocycles. The number of rotatable bonds is 2. The van der Waals surface area contributed by atoms with Crippen LogP contribution >= 0.6 is 11.5 Å². The quantitative estimate of drug-likeness (QED) is 0.833. The van der Waals surface area contributed by atoms with Crippen molar-refractivity contribution in [2.45, 2.75) is 31.9 Å². The molecule has 2 N–H and O–H groups in total. The number of carbonyl (C=O) groups is 1. The molecular formula is C13H19N3O2S. The lowest BCUT2D eigenvalue weighted by Gasteiger charge is -2.46. The molecule has 2 fully saturated rings. The molecule has 3 rings (SSSR count). The summed E-state index contributed by atoms with van der Waals surface area (Å²) >= 11 is 1.45. The normalized spacial score (nSPS) is 32.5. The van der Waals surface area contributed by atoms with Crippen molar-refractivity contribution in [3.8, 4) is 0 Å². The highest BCUT2D eigenvalue weighted by Crippen LogP contribution is 2.37. The minimum atomic E-state index is -0.597. The van der Waals surface area contributed by atoms with E-state index in [-0.39, 0.29) is 5.91 Å². The number of amides is 1. The van der Waals surface area contributed by atoms with E-state index >= 15 is 0 Å². The Labute approximate surface area is 116 Å². The summed E-state index contributed by atoms with van der Waals surface area (Å²) in [5.74, 6) is 0.0272. The molecular weight excluding hydrogens is 262 g/mol. The molecule has 1 amide bonds. The lowest BCUT2D eigenvalue weighted by Crippen LogP contribution is -2.61. The van der Waals surface area contributed by atoms with E-state index in [1.807, 2.05) is 11.6 Å². The van der Waals surface area contributed by atoms with Crippen LogP contribution in [0.4, 0.5) is 0 Å². The molecule has 19 heavy (non-hydrogen) atoms. The zero-order valence-corrected chi connectivity index (χ0v) is 11.7. The molecule has 2 atom stereocenters. The molecule has 0 unspecified atom stereocenters. The van der Waals surface area contributed by atoms with Crippen molar-refractivity contribution < 1.29 is 9.90 Å². The fourth-order valence-corrected chi connectivity index (χ4v) is 3.75. The van der Waals surface area contributed by atoms with Gasteiger partial charge in [-0.2, -0.15) is 0 Å². The van der Waals surface area contributed by atoms with Gasteiger partial charge in [-0.25, -0.2) is 4.37 Å². The molecule has 0 bridgehead atoms. The van der Waals surface area contributed by atoms with E-state index < -0.39 is 11.5 Å². The first-order valence-electron chi connectivity index (χ1n) is 6.78. The number of aromatic nitrogens is 1. The van der Waals surface area contributed by atoms with Gasteiger partial charge in [0.25, 0.3) is 0 Å². The third kappa shape index (κ3) is 2.40. The highest BCUT2D eigenvalue weighted by molar-refractivity contribution is 7.03. The molecule has 3 heterocycles. The standard InChI is InChI=1S/C13H19N3O2S/c17-11-2-5-16(7-10-6-15-19-8-10)9-13(11)3-1-4-14-12(13)18/h6,8,11,17H,1-5,7,9H2,(H,14,18)/t11-,13-/m1/s1. The van der Waals surface area contributed by atoms with Crippen LogP contribution in [-0.4, -0.2) is 46.0 Å². The third-order valence-corrected chi connectivity index (χ3v) is 4.92. The van der Waals surface area contributed by atoms with Gasteiger partial charge >= 0.3 is 0 Å². The first kappa shape index (κ1) is 13.0. The van der Waals surface area contributed by atoms with Crippen LogP contribution in [0.3, 0.4) is 0 Å². The maximum atomic E-state index is 12.2. The van der Waals surface area contributed by atoms with Crippen molar-refractivity contribution in [2.24, 2.45) is 5.41 Å². The Bertz CT molecular complexity index is 451. The van der Waals surface area contributed by atoms with Crippen molar-refractivity contribution in [1.29, 1.82) is 0 Å². The lowest BCUT2D eigenvalue weighted by atomic mass is 9.71. The SMILES string of the molecule is O=C1NCCC[C@]12CN(Cc1cnsc1)CC[C@H]2O. The highest BCUT2D eigenvalue weighted by Gasteiger charge is 2.49. The molecule has 2 aliphatic rings. The first-order chi connectivity index (χ1) is 9.21. The second-order valence-electron chi connectivity index (χ2n) is 5.56. The fourth-order valence-electron chi connectivity index (χ4n) is 3.23. The van der Waals surface area contributed by atoms with Crippen molar-refractivity contribution in [2.75, 3.05) is 19.6 Å². The summed E-state index contributed by atoms with van der Waals surface area (Å²) in [6.45, 7) is 3.04. The summed E-state index contributed by atoms with van der Waals surface area (Å²) in [4.78, 5) is 14.5. The molecule has 6 heteroatoms. The summed E-state index contributed by atoms with van der Waals surface area (Å²) in [7, 11) is 0. The van der Waals surface area contributed by atoms with Gasteiger partial charge in [-0.15, -0.1) is 0 Å². The van der Waals surface area contributed by atoms with E-state index in [9.17, 15) is 9.90 Å². The minimum Gasteiger partial charge on any atom is -0.392 e. The van der Waals surface area contributed by atoms with Crippen LogP contribution in [0, 0.1) is 5.41 Å². The maximum absolute atomic E-state index is 12.2. The molecule has 0 radical (unpaired) electrons. The van der Waals surface area contributed by atoms with E-state index in [1.54, 1.807) is 0 Å². The van der Waals surface area contributed by atoms with Crippen LogP contribution in [0.25, 0.3) is 0 Å². The van der Waals surface area contributed by atoms with Gasteiger partial charge in [0.05, 0.1) is 11.5 Å². The second kappa shape index (κ2) is 5.19. The number of hydrogen-bond acceptors (Lipinski definition) is 5. The summed E-state index contributed by atoms with van der Waals surface area (Å²) in [6, 6.07) is 0. The number of piperidine rings is 2. The Morgan fingerprint density at radius 3 is 3.26 bits per heavy atom. The number of aliphatic hydroxyl groups is 1. The van der Waals surface area contributed by atoms with Crippen molar-refractivity contribution in [3.05, 3.63) is 17.1 Å². The molecule has 0 aromatic carbocycles. The molecule has 104 valence electrons. The molecule has 5 nitrogen and oxygen atoms in total. The number of nitrogens with zero attached hydrogens (tertiary/aromatic N) is 2. The predicted molar refractivity (Wildman–Crippen MR) is 72.7 cm³/mol. The largest absolute Gasteiger partial charge is 0.392 e. The summed E-state index contributed by atoms with van der Waals surface area (Å²) in [6.07, 6.45) is 3.79. The molecule has 1 aromatic heterocycles. The second-order valence-corrected chi connectivity index (χ2v) is 6.22. The van der Waals surface area contributed by atoms with Crippen LogP contribution in [0.2, 0.25) is 0 Å². The van der Waals surface area contributed by atoms with E-state index in [4.69, 9.17) is 0 Å². The van der Waals surface area contributed by atoms with E-state index in [0.29, 0.717) is 13.0 Å². The van der Waals surface area contributed by atoms with Gasteiger partial charge in [-0.3, -0.25) is 9.69 Å². The van der Waals surface area contributed by atoms with E-state index in [0.717, 1.165) is 32.5 Å². The summed E-state index contributed by atoms with van der Waals surface area (Å²) in [5.41, 5.74) is 0.590. The number of likely N-dealkylation sites (tertiary alicyclic amines) is 1. The highest BCUT2D eigenvalue weighted by atomic mass is 32.1. The van der Waals surface area contributed by atoms with Crippen LogP contribution in [0.5, 0.6) is 0 Å². The van der Waals surface area contributed by atoms with Crippen LogP contribution in [0.1, 0.15) is 24.8 Å². The molecule has 2 aliphatic heterocycles. The molecule has 1 spiro atoms. The van der Waals surface area contributed by atoms with Crippen LogP contribution in [0.15, 0.2) is 11.6 Å². The molecule has 0 aliphatic carbocycles. The Kier molecular flexibility index (Phi) is 3.56. The van der Waals surface area contributed by atoms with Gasteiger partial charge in [0.1, 0.15) is 0 Å². The molecule has 0 saturated carbocycles. The molecule has 1 aromatic rings. The Morgan fingerprint density at radius 1 is 1.63 bits per heavy atom. The fraction of sp³-hybridized carbons (Fsp3) is 0.692. The third-order valence-electron chi connectivity index (χ3n) is 4.29. The monoisotopic (exact) mass is 281 g/mol. The van der Waals surface area contributed by atoms with Crippen molar-refractivity contribution in [3.63, 3.8) is 0 Å². The lowest BCUT2D eigenvalue weighted by molar-refractivity contribution is -0.149. The van der Waals surface area contributed by atoms with Crippen molar-refractivity contribution in [1.82, 2.24) is 14.6 Å². The Morgan fingerprint density at radius 2 is 2.53 bits per heavy atom. The number of aliphatic hydroxyl groups excluding tert-OH is 1. The number of carbonyl (C=O) groups excluding carboxylic acids is 1. The number of nitrogens with one attached hydrogen (secondary N) is 1. The van der Waals surface area contributed by atoms with Crippen LogP contribution in [-0.2, 0) is 11.3 Å². The van der Waals surface area contributed by atoms with Crippen LogP contribution < -0.4 is 5.32 Å². The van der Waals surface area contributed by atoms with Gasteiger partial charge < -0.3 is 10.4 Å². The zero-order valence-electron chi connectivity index (χ0n) is 10.8. The Hall–Kier alpha value is -0.980. The zero-order chi connectivity index (χ0) is 13.3. The predicted octanol–water partition coefficient (Wildman–Crippen LogP) is 0.606. The van der Waals surface area contributed by atoms with Gasteiger partial charge in [0.2, 0.25) is 5.91 Å². The number of hydrogen-bond donors (Lipinski definition) is 2. The maximum Gasteiger partial charge on any atom is 0.230 e. The van der Waals surface area contributed by atoms with E-state index in [2.05, 4.69) is 14.6 Å². The average Bonchev–Trinajstić information content (AvgIpc) is 2.90. The van der Waals surface area contributed by atoms with Gasteiger partial charge in [-0.05, 0) is 36.4 Å². The van der Waals surface area contributed by atoms with Gasteiger partial charge in [0, 0.05) is 37.8 Å². The van der Waals surface area contributed by atoms with E-state index in [1.165, 1.54) is 17.1 Å². The summed E-state index contributed by atoms with van der Waals surface area (Å²) in [5, 5.41) is 15.3. The summed E-state index contributed by atoms with van der Waals surface area (Å²) < 4.78 is 4.11. The van der Waals surface area contributed by atoms with Gasteiger partial charge in [-0.1, -0.05) is 0 Å². The first-order valence-corrected chi connectivity index (χ1v) is 7.61. The topological polar surface area (TPSA) is 65.5 Å². The van der Waals surface area contributed by atoms with Gasteiger partial charge in [0.15, 0.2) is 0 Å². The average molecular weight is 281 g/mol. The smallest absolute Gasteiger partial charge is 0.230 e.